The van der Waals surface area contributed by atoms with Crippen LogP contribution in [0.1, 0.15) is 53.4 Å². The van der Waals surface area contributed by atoms with Gasteiger partial charge in [-0.15, -0.1) is 0 Å². The van der Waals surface area contributed by atoms with Crippen LogP contribution in [0, 0.1) is 0 Å². The van der Waals surface area contributed by atoms with Gasteiger partial charge in [-0.3, -0.25) is 0 Å². The maximum atomic E-state index is 2.34. The van der Waals surface area contributed by atoms with Crippen molar-refractivity contribution in [3.63, 3.8) is 0 Å². The zero-order chi connectivity index (χ0) is 10.2. The van der Waals surface area contributed by atoms with Crippen molar-refractivity contribution in [2.45, 2.75) is 53.4 Å². The molecular formula is C12H28BrN. The van der Waals surface area contributed by atoms with Gasteiger partial charge in [0.2, 0.25) is 0 Å². The van der Waals surface area contributed by atoms with E-state index in [-0.39, 0.29) is 17.0 Å². The van der Waals surface area contributed by atoms with Crippen LogP contribution in [0.15, 0.2) is 0 Å². The SMILES string of the molecule is CCCC[N+](CC)(CC)CCCC.[Br-]. The summed E-state index contributed by atoms with van der Waals surface area (Å²) in [5, 5.41) is 0. The molecule has 0 aromatic heterocycles. The van der Waals surface area contributed by atoms with Gasteiger partial charge in [-0.1, -0.05) is 26.7 Å². The van der Waals surface area contributed by atoms with E-state index in [1.807, 2.05) is 0 Å². The van der Waals surface area contributed by atoms with Crippen LogP contribution in [0.3, 0.4) is 0 Å². The molecule has 0 aliphatic carbocycles. The monoisotopic (exact) mass is 265 g/mol. The molecule has 0 saturated carbocycles. The minimum Gasteiger partial charge on any atom is -1.00 e. The first-order valence-corrected chi connectivity index (χ1v) is 6.09. The summed E-state index contributed by atoms with van der Waals surface area (Å²) in [5.74, 6) is 0. The Balaban J connectivity index is 0. The van der Waals surface area contributed by atoms with Gasteiger partial charge in [0.25, 0.3) is 0 Å². The number of nitrogens with zero attached hydrogens (tertiary/aromatic N) is 1. The lowest BCUT2D eigenvalue weighted by Crippen LogP contribution is -3.00. The standard InChI is InChI=1S/C12H28N.BrH/c1-5-9-11-13(7-3,8-4)12-10-6-2;/h5-12H2,1-4H3;1H/q+1;/p-1. The molecule has 0 atom stereocenters. The Kier molecular flexibility index (Phi) is 12.0. The lowest BCUT2D eigenvalue weighted by Gasteiger charge is -2.37. The Morgan fingerprint density at radius 1 is 0.714 bits per heavy atom. The van der Waals surface area contributed by atoms with Crippen molar-refractivity contribution in [2.24, 2.45) is 0 Å². The molecule has 0 N–H and O–H groups in total. The molecule has 14 heavy (non-hydrogen) atoms. The molecule has 1 nitrogen and oxygen atoms in total. The minimum absolute atomic E-state index is 0. The van der Waals surface area contributed by atoms with E-state index in [0.717, 1.165) is 0 Å². The molecule has 0 aromatic carbocycles. The largest absolute Gasteiger partial charge is 1.00 e. The van der Waals surface area contributed by atoms with Crippen molar-refractivity contribution in [3.05, 3.63) is 0 Å². The Morgan fingerprint density at radius 3 is 1.29 bits per heavy atom. The molecule has 88 valence electrons. The lowest BCUT2D eigenvalue weighted by atomic mass is 10.2. The molecule has 0 aromatic rings. The maximum Gasteiger partial charge on any atom is 0.0786 e. The third-order valence-corrected chi connectivity index (χ3v) is 3.31. The van der Waals surface area contributed by atoms with Crippen LogP contribution in [0.2, 0.25) is 0 Å². The number of rotatable bonds is 8. The summed E-state index contributed by atoms with van der Waals surface area (Å²) in [6.45, 7) is 14.7. The molecule has 0 unspecified atom stereocenters. The second kappa shape index (κ2) is 9.97. The molecule has 0 heterocycles. The zero-order valence-electron chi connectivity index (χ0n) is 10.5. The van der Waals surface area contributed by atoms with Crippen LogP contribution in [-0.4, -0.2) is 30.7 Å². The first-order chi connectivity index (χ1) is 6.24. The number of unbranched alkanes of at least 4 members (excludes halogenated alkanes) is 2. The zero-order valence-corrected chi connectivity index (χ0v) is 12.1. The molecular weight excluding hydrogens is 238 g/mol. The summed E-state index contributed by atoms with van der Waals surface area (Å²) in [6.07, 6.45) is 5.47. The number of hydrogen-bond donors (Lipinski definition) is 0. The van der Waals surface area contributed by atoms with E-state index in [4.69, 9.17) is 0 Å². The first kappa shape index (κ1) is 16.9. The van der Waals surface area contributed by atoms with Gasteiger partial charge in [0, 0.05) is 0 Å². The predicted octanol–water partition coefficient (Wildman–Crippen LogP) is 0.447. The molecule has 0 saturated heterocycles. The fraction of sp³-hybridized carbons (Fsp3) is 1.00. The highest BCUT2D eigenvalue weighted by Crippen LogP contribution is 2.11. The van der Waals surface area contributed by atoms with Gasteiger partial charge in [-0.2, -0.15) is 0 Å². The summed E-state index contributed by atoms with van der Waals surface area (Å²) in [7, 11) is 0. The first-order valence-electron chi connectivity index (χ1n) is 6.09. The van der Waals surface area contributed by atoms with Gasteiger partial charge in [0.15, 0.2) is 0 Å². The van der Waals surface area contributed by atoms with Crippen molar-refractivity contribution in [3.8, 4) is 0 Å². The van der Waals surface area contributed by atoms with Crippen LogP contribution < -0.4 is 17.0 Å². The Labute approximate surface area is 101 Å². The fourth-order valence-electron chi connectivity index (χ4n) is 1.95. The second-order valence-corrected chi connectivity index (χ2v) is 4.13. The normalized spacial score (nSPS) is 11.1. The van der Waals surface area contributed by atoms with Gasteiger partial charge < -0.3 is 21.5 Å². The molecule has 0 radical (unpaired) electrons. The Morgan fingerprint density at radius 2 is 1.07 bits per heavy atom. The third-order valence-electron chi connectivity index (χ3n) is 3.31. The Hall–Kier alpha value is 0.440. The number of halogens is 1. The highest BCUT2D eigenvalue weighted by molar-refractivity contribution is 4.43. The predicted molar refractivity (Wildman–Crippen MR) is 60.9 cm³/mol. The Bertz CT molecular complexity index is 101. The van der Waals surface area contributed by atoms with Crippen molar-refractivity contribution >= 4 is 0 Å². The van der Waals surface area contributed by atoms with Crippen LogP contribution in [0.4, 0.5) is 0 Å². The van der Waals surface area contributed by atoms with E-state index in [1.54, 1.807) is 0 Å². The van der Waals surface area contributed by atoms with E-state index in [9.17, 15) is 0 Å². The van der Waals surface area contributed by atoms with Crippen LogP contribution >= 0.6 is 0 Å². The van der Waals surface area contributed by atoms with Gasteiger partial charge in [-0.05, 0) is 26.7 Å². The molecule has 0 aliphatic heterocycles. The van der Waals surface area contributed by atoms with E-state index in [2.05, 4.69) is 27.7 Å². The van der Waals surface area contributed by atoms with Crippen molar-refractivity contribution in [1.82, 2.24) is 0 Å². The average Bonchev–Trinajstić information content (AvgIpc) is 2.20. The van der Waals surface area contributed by atoms with E-state index >= 15 is 0 Å². The van der Waals surface area contributed by atoms with Crippen molar-refractivity contribution < 1.29 is 21.5 Å². The van der Waals surface area contributed by atoms with E-state index < -0.39 is 0 Å². The third kappa shape index (κ3) is 6.02. The highest BCUT2D eigenvalue weighted by Gasteiger charge is 2.20. The van der Waals surface area contributed by atoms with Crippen molar-refractivity contribution in [2.75, 3.05) is 26.2 Å². The summed E-state index contributed by atoms with van der Waals surface area (Å²) in [6, 6.07) is 0. The average molecular weight is 266 g/mol. The molecule has 0 fully saturated rings. The summed E-state index contributed by atoms with van der Waals surface area (Å²) >= 11 is 0. The molecule has 0 bridgehead atoms. The second-order valence-electron chi connectivity index (χ2n) is 4.13. The number of quaternary nitrogens is 1. The lowest BCUT2D eigenvalue weighted by molar-refractivity contribution is -0.925. The highest BCUT2D eigenvalue weighted by atomic mass is 79.9. The molecule has 0 aliphatic rings. The van der Waals surface area contributed by atoms with Gasteiger partial charge in [0.1, 0.15) is 0 Å². The maximum absolute atomic E-state index is 2.34. The molecule has 2 heteroatoms. The molecule has 0 spiro atoms. The van der Waals surface area contributed by atoms with E-state index in [1.165, 1.54) is 56.3 Å². The van der Waals surface area contributed by atoms with Gasteiger partial charge in [-0.25, -0.2) is 0 Å². The van der Waals surface area contributed by atoms with Gasteiger partial charge in [0.05, 0.1) is 26.2 Å². The summed E-state index contributed by atoms with van der Waals surface area (Å²) < 4.78 is 1.35. The topological polar surface area (TPSA) is 0 Å². The fourth-order valence-corrected chi connectivity index (χ4v) is 1.95. The summed E-state index contributed by atoms with van der Waals surface area (Å²) in [4.78, 5) is 0. The summed E-state index contributed by atoms with van der Waals surface area (Å²) in [5.41, 5.74) is 0. The van der Waals surface area contributed by atoms with Crippen LogP contribution in [0.25, 0.3) is 0 Å². The molecule has 0 amide bonds. The number of hydrogen-bond acceptors (Lipinski definition) is 0. The van der Waals surface area contributed by atoms with Crippen LogP contribution in [0.5, 0.6) is 0 Å². The van der Waals surface area contributed by atoms with E-state index in [0.29, 0.717) is 0 Å². The van der Waals surface area contributed by atoms with Crippen molar-refractivity contribution in [1.29, 1.82) is 0 Å². The smallest absolute Gasteiger partial charge is 0.0786 e. The molecule has 0 rings (SSSR count). The quantitative estimate of drug-likeness (QED) is 0.560. The van der Waals surface area contributed by atoms with Crippen LogP contribution in [-0.2, 0) is 0 Å². The van der Waals surface area contributed by atoms with Gasteiger partial charge >= 0.3 is 0 Å². The minimum atomic E-state index is 0.